The van der Waals surface area contributed by atoms with Crippen LogP contribution in [0, 0.1) is 0 Å². The van der Waals surface area contributed by atoms with Crippen LogP contribution in [-0.2, 0) is 6.42 Å². The van der Waals surface area contributed by atoms with Gasteiger partial charge in [0.15, 0.2) is 34.5 Å². The molecule has 0 saturated carbocycles. The van der Waals surface area contributed by atoms with E-state index in [0.717, 1.165) is 18.2 Å². The first-order valence-electron chi connectivity index (χ1n) is 6.79. The van der Waals surface area contributed by atoms with Crippen LogP contribution in [0.2, 0.25) is 0 Å². The zero-order valence-electron chi connectivity index (χ0n) is 11.3. The molecule has 5 heteroatoms. The number of benzene rings is 2. The third kappa shape index (κ3) is 2.65. The summed E-state index contributed by atoms with van der Waals surface area (Å²) in [6.07, 6.45) is 2.46. The van der Waals surface area contributed by atoms with E-state index in [4.69, 9.17) is 9.47 Å². The molecule has 21 heavy (non-hydrogen) atoms. The third-order valence-corrected chi connectivity index (χ3v) is 3.95. The number of ether oxygens (including phenoxy) is 2. The van der Waals surface area contributed by atoms with Crippen LogP contribution >= 0.6 is 15.9 Å². The standard InChI is InChI=1S/C16H15BrO4/c17-8-4-3-5-10-15(19)11(18)9-14-16(10)21-13-7-2-1-6-12(13)20-14/h1-2,6-7,9,18-19H,3-5,8H2. The highest BCUT2D eigenvalue weighted by Crippen LogP contribution is 2.52. The van der Waals surface area contributed by atoms with Gasteiger partial charge in [-0.15, -0.1) is 0 Å². The maximum absolute atomic E-state index is 10.1. The summed E-state index contributed by atoms with van der Waals surface area (Å²) in [5.41, 5.74) is 0.584. The highest BCUT2D eigenvalue weighted by atomic mass is 79.9. The van der Waals surface area contributed by atoms with Crippen LogP contribution in [0.15, 0.2) is 30.3 Å². The lowest BCUT2D eigenvalue weighted by Gasteiger charge is -2.23. The molecule has 110 valence electrons. The van der Waals surface area contributed by atoms with Crippen molar-refractivity contribution in [1.29, 1.82) is 0 Å². The van der Waals surface area contributed by atoms with Gasteiger partial charge in [-0.05, 0) is 31.4 Å². The number of aromatic hydroxyl groups is 2. The molecule has 0 aromatic heterocycles. The Kier molecular flexibility index (Phi) is 3.92. The molecule has 0 spiro atoms. The number of halogens is 1. The number of fused-ring (bicyclic) bond motifs is 2. The predicted molar refractivity (Wildman–Crippen MR) is 83.1 cm³/mol. The van der Waals surface area contributed by atoms with Crippen LogP contribution in [0.4, 0.5) is 0 Å². The molecule has 0 amide bonds. The van der Waals surface area contributed by atoms with Crippen LogP contribution in [-0.4, -0.2) is 15.5 Å². The van der Waals surface area contributed by atoms with E-state index in [9.17, 15) is 10.2 Å². The summed E-state index contributed by atoms with van der Waals surface area (Å²) in [5.74, 6) is 1.80. The molecule has 0 fully saturated rings. The summed E-state index contributed by atoms with van der Waals surface area (Å²) in [6.45, 7) is 0. The van der Waals surface area contributed by atoms with Gasteiger partial charge in [-0.25, -0.2) is 0 Å². The van der Waals surface area contributed by atoms with Crippen molar-refractivity contribution in [1.82, 2.24) is 0 Å². The maximum Gasteiger partial charge on any atom is 0.177 e. The molecule has 0 unspecified atom stereocenters. The van der Waals surface area contributed by atoms with E-state index in [2.05, 4.69) is 15.9 Å². The number of phenols is 2. The maximum atomic E-state index is 10.1. The number of para-hydroxylation sites is 2. The van der Waals surface area contributed by atoms with Crippen LogP contribution < -0.4 is 9.47 Å². The Bertz CT molecular complexity index is 670. The van der Waals surface area contributed by atoms with Crippen molar-refractivity contribution in [2.24, 2.45) is 0 Å². The Balaban J connectivity index is 2.00. The molecule has 0 saturated heterocycles. The number of unbranched alkanes of at least 4 members (excludes halogenated alkanes) is 1. The molecule has 3 rings (SSSR count). The average molecular weight is 351 g/mol. The van der Waals surface area contributed by atoms with Gasteiger partial charge < -0.3 is 19.7 Å². The monoisotopic (exact) mass is 350 g/mol. The largest absolute Gasteiger partial charge is 0.504 e. The van der Waals surface area contributed by atoms with Crippen LogP contribution in [0.25, 0.3) is 0 Å². The first-order chi connectivity index (χ1) is 10.2. The molecule has 1 heterocycles. The molecular formula is C16H15BrO4. The SMILES string of the molecule is Oc1cc2c(c(CCCCBr)c1O)Oc1ccccc1O2. The summed E-state index contributed by atoms with van der Waals surface area (Å²) < 4.78 is 11.6. The van der Waals surface area contributed by atoms with Gasteiger partial charge in [0.25, 0.3) is 0 Å². The van der Waals surface area contributed by atoms with Crippen molar-refractivity contribution in [2.75, 3.05) is 5.33 Å². The van der Waals surface area contributed by atoms with Crippen molar-refractivity contribution in [3.63, 3.8) is 0 Å². The molecule has 0 aliphatic carbocycles. The number of alkyl halides is 1. The number of phenolic OH excluding ortho intramolecular Hbond substituents is 2. The van der Waals surface area contributed by atoms with Crippen molar-refractivity contribution in [2.45, 2.75) is 19.3 Å². The average Bonchev–Trinajstić information content (AvgIpc) is 2.49. The summed E-state index contributed by atoms with van der Waals surface area (Å²) in [4.78, 5) is 0. The van der Waals surface area contributed by atoms with E-state index in [-0.39, 0.29) is 11.5 Å². The summed E-state index contributed by atoms with van der Waals surface area (Å²) >= 11 is 3.38. The van der Waals surface area contributed by atoms with Crippen molar-refractivity contribution in [3.8, 4) is 34.5 Å². The Morgan fingerprint density at radius 1 is 0.952 bits per heavy atom. The highest BCUT2D eigenvalue weighted by Gasteiger charge is 2.25. The molecule has 2 N–H and O–H groups in total. The first-order valence-corrected chi connectivity index (χ1v) is 7.91. The van der Waals surface area contributed by atoms with Crippen LogP contribution in [0.3, 0.4) is 0 Å². The topological polar surface area (TPSA) is 58.9 Å². The molecule has 0 bridgehead atoms. The van der Waals surface area contributed by atoms with E-state index < -0.39 is 0 Å². The second-order valence-electron chi connectivity index (χ2n) is 4.85. The fraction of sp³-hybridized carbons (Fsp3) is 0.250. The predicted octanol–water partition coefficient (Wildman–Crippen LogP) is 4.71. The Morgan fingerprint density at radius 3 is 2.38 bits per heavy atom. The van der Waals surface area contributed by atoms with E-state index in [1.807, 2.05) is 18.2 Å². The van der Waals surface area contributed by atoms with Gasteiger partial charge in [-0.3, -0.25) is 0 Å². The third-order valence-electron chi connectivity index (χ3n) is 3.39. The van der Waals surface area contributed by atoms with E-state index >= 15 is 0 Å². The molecule has 0 atom stereocenters. The summed E-state index contributed by atoms with van der Waals surface area (Å²) in [5, 5.41) is 20.9. The smallest absolute Gasteiger partial charge is 0.177 e. The zero-order chi connectivity index (χ0) is 14.8. The minimum atomic E-state index is -0.189. The summed E-state index contributed by atoms with van der Waals surface area (Å²) in [7, 11) is 0. The molecule has 1 aliphatic rings. The molecule has 2 aromatic rings. The zero-order valence-corrected chi connectivity index (χ0v) is 12.9. The van der Waals surface area contributed by atoms with Crippen molar-refractivity contribution >= 4 is 15.9 Å². The van der Waals surface area contributed by atoms with Crippen LogP contribution in [0.5, 0.6) is 34.5 Å². The van der Waals surface area contributed by atoms with Gasteiger partial charge in [0, 0.05) is 17.0 Å². The normalized spacial score (nSPS) is 12.0. The minimum Gasteiger partial charge on any atom is -0.504 e. The van der Waals surface area contributed by atoms with Gasteiger partial charge in [-0.1, -0.05) is 28.1 Å². The van der Waals surface area contributed by atoms with Gasteiger partial charge >= 0.3 is 0 Å². The molecule has 1 aliphatic heterocycles. The highest BCUT2D eigenvalue weighted by molar-refractivity contribution is 9.09. The lowest BCUT2D eigenvalue weighted by atomic mass is 10.0. The van der Waals surface area contributed by atoms with E-state index in [1.54, 1.807) is 6.07 Å². The fourth-order valence-electron chi connectivity index (χ4n) is 2.33. The lowest BCUT2D eigenvalue weighted by Crippen LogP contribution is -2.02. The second kappa shape index (κ2) is 5.85. The number of rotatable bonds is 4. The van der Waals surface area contributed by atoms with E-state index in [1.165, 1.54) is 6.07 Å². The molecular weight excluding hydrogens is 336 g/mol. The molecule has 4 nitrogen and oxygen atoms in total. The van der Waals surface area contributed by atoms with Gasteiger partial charge in [0.2, 0.25) is 0 Å². The van der Waals surface area contributed by atoms with Crippen LogP contribution in [0.1, 0.15) is 18.4 Å². The van der Waals surface area contributed by atoms with Gasteiger partial charge in [0.05, 0.1) is 0 Å². The molecule has 0 radical (unpaired) electrons. The number of hydrogen-bond acceptors (Lipinski definition) is 4. The second-order valence-corrected chi connectivity index (χ2v) is 5.64. The minimum absolute atomic E-state index is 0.133. The Labute approximate surface area is 131 Å². The molecule has 2 aromatic carbocycles. The number of hydrogen-bond donors (Lipinski definition) is 2. The Hall–Kier alpha value is -1.88. The quantitative estimate of drug-likeness (QED) is 0.406. The van der Waals surface area contributed by atoms with Gasteiger partial charge in [0.1, 0.15) is 0 Å². The van der Waals surface area contributed by atoms with Crippen molar-refractivity contribution in [3.05, 3.63) is 35.9 Å². The first kappa shape index (κ1) is 14.1. The van der Waals surface area contributed by atoms with Gasteiger partial charge in [-0.2, -0.15) is 0 Å². The fourth-order valence-corrected chi connectivity index (χ4v) is 2.73. The lowest BCUT2D eigenvalue weighted by molar-refractivity contribution is 0.340. The van der Waals surface area contributed by atoms with Crippen molar-refractivity contribution < 1.29 is 19.7 Å². The van der Waals surface area contributed by atoms with E-state index in [0.29, 0.717) is 35.0 Å². The Morgan fingerprint density at radius 2 is 1.67 bits per heavy atom. The summed E-state index contributed by atoms with van der Waals surface area (Å²) in [6, 6.07) is 8.70.